The SMILES string of the molecule is CC1Oc2ccc(C(=O)C3CCCCN3)cc2NC1=O. The fourth-order valence-corrected chi connectivity index (χ4v) is 2.64. The van der Waals surface area contributed by atoms with Gasteiger partial charge in [0.05, 0.1) is 11.7 Å². The second kappa shape index (κ2) is 5.25. The maximum Gasteiger partial charge on any atom is 0.265 e. The van der Waals surface area contributed by atoms with Crippen LogP contribution in [0.5, 0.6) is 5.75 Å². The molecule has 0 aromatic heterocycles. The van der Waals surface area contributed by atoms with E-state index in [4.69, 9.17) is 4.74 Å². The predicted molar refractivity (Wildman–Crippen MR) is 75.1 cm³/mol. The molecular formula is C15H18N2O3. The number of hydrogen-bond donors (Lipinski definition) is 2. The molecule has 0 radical (unpaired) electrons. The van der Waals surface area contributed by atoms with Crippen molar-refractivity contribution in [3.05, 3.63) is 23.8 Å². The summed E-state index contributed by atoms with van der Waals surface area (Å²) in [6.07, 6.45) is 2.57. The maximum absolute atomic E-state index is 12.4. The molecule has 3 rings (SSSR count). The van der Waals surface area contributed by atoms with Crippen LogP contribution in [0.15, 0.2) is 18.2 Å². The highest BCUT2D eigenvalue weighted by molar-refractivity contribution is 6.03. The largest absolute Gasteiger partial charge is 0.479 e. The molecule has 2 aliphatic rings. The lowest BCUT2D eigenvalue weighted by Crippen LogP contribution is -2.40. The summed E-state index contributed by atoms with van der Waals surface area (Å²) in [7, 11) is 0. The molecule has 0 spiro atoms. The molecule has 2 heterocycles. The number of piperidine rings is 1. The molecule has 1 saturated heterocycles. The molecule has 1 fully saturated rings. The first-order valence-electron chi connectivity index (χ1n) is 7.04. The zero-order chi connectivity index (χ0) is 14.1. The Hall–Kier alpha value is -1.88. The molecule has 1 amide bonds. The van der Waals surface area contributed by atoms with E-state index in [1.807, 2.05) is 0 Å². The topological polar surface area (TPSA) is 67.4 Å². The fraction of sp³-hybridized carbons (Fsp3) is 0.467. The minimum atomic E-state index is -0.496. The Morgan fingerprint density at radius 1 is 1.35 bits per heavy atom. The van der Waals surface area contributed by atoms with E-state index in [0.717, 1.165) is 25.8 Å². The van der Waals surface area contributed by atoms with Gasteiger partial charge < -0.3 is 15.4 Å². The van der Waals surface area contributed by atoms with Gasteiger partial charge in [-0.05, 0) is 44.5 Å². The number of benzene rings is 1. The third-order valence-electron chi connectivity index (χ3n) is 3.82. The van der Waals surface area contributed by atoms with Crippen LogP contribution in [0.25, 0.3) is 0 Å². The smallest absolute Gasteiger partial charge is 0.265 e. The molecule has 2 unspecified atom stereocenters. The van der Waals surface area contributed by atoms with E-state index >= 15 is 0 Å². The Kier molecular flexibility index (Phi) is 3.44. The number of nitrogens with one attached hydrogen (secondary N) is 2. The van der Waals surface area contributed by atoms with E-state index in [0.29, 0.717) is 17.0 Å². The Morgan fingerprint density at radius 3 is 2.95 bits per heavy atom. The van der Waals surface area contributed by atoms with Gasteiger partial charge in [-0.3, -0.25) is 9.59 Å². The second-order valence-electron chi connectivity index (χ2n) is 5.33. The molecule has 5 heteroatoms. The van der Waals surface area contributed by atoms with E-state index in [-0.39, 0.29) is 17.7 Å². The molecule has 106 valence electrons. The Labute approximate surface area is 117 Å². The minimum absolute atomic E-state index is 0.0837. The lowest BCUT2D eigenvalue weighted by atomic mass is 9.96. The van der Waals surface area contributed by atoms with Gasteiger partial charge >= 0.3 is 0 Å². The van der Waals surface area contributed by atoms with E-state index in [2.05, 4.69) is 10.6 Å². The standard InChI is InChI=1S/C15H18N2O3/c1-9-15(19)17-12-8-10(5-6-13(12)20-9)14(18)11-4-2-3-7-16-11/h5-6,8-9,11,16H,2-4,7H2,1H3,(H,17,19). The molecule has 2 N–H and O–H groups in total. The molecule has 0 saturated carbocycles. The highest BCUT2D eigenvalue weighted by Crippen LogP contribution is 2.31. The average molecular weight is 274 g/mol. The van der Waals surface area contributed by atoms with Crippen LogP contribution in [0.1, 0.15) is 36.5 Å². The third-order valence-corrected chi connectivity index (χ3v) is 3.82. The summed E-state index contributed by atoms with van der Waals surface area (Å²) in [4.78, 5) is 24.0. The van der Waals surface area contributed by atoms with Crippen molar-refractivity contribution in [3.63, 3.8) is 0 Å². The van der Waals surface area contributed by atoms with Gasteiger partial charge in [0.25, 0.3) is 5.91 Å². The Balaban J connectivity index is 1.83. The first-order valence-corrected chi connectivity index (χ1v) is 7.04. The Bertz CT molecular complexity index is 550. The van der Waals surface area contributed by atoms with E-state index in [1.54, 1.807) is 25.1 Å². The van der Waals surface area contributed by atoms with Gasteiger partial charge in [0, 0.05) is 5.56 Å². The summed E-state index contributed by atoms with van der Waals surface area (Å²) in [6.45, 7) is 2.59. The first-order chi connectivity index (χ1) is 9.65. The summed E-state index contributed by atoms with van der Waals surface area (Å²) in [6, 6.07) is 5.11. The van der Waals surface area contributed by atoms with Crippen molar-refractivity contribution in [2.75, 3.05) is 11.9 Å². The lowest BCUT2D eigenvalue weighted by Gasteiger charge is -2.25. The van der Waals surface area contributed by atoms with Gasteiger partial charge in [0.2, 0.25) is 0 Å². The number of fused-ring (bicyclic) bond motifs is 1. The highest BCUT2D eigenvalue weighted by Gasteiger charge is 2.26. The quantitative estimate of drug-likeness (QED) is 0.806. The summed E-state index contributed by atoms with van der Waals surface area (Å²) in [5.41, 5.74) is 1.19. The third kappa shape index (κ3) is 2.41. The second-order valence-corrected chi connectivity index (χ2v) is 5.33. The zero-order valence-corrected chi connectivity index (χ0v) is 11.4. The Morgan fingerprint density at radius 2 is 2.20 bits per heavy atom. The fourth-order valence-electron chi connectivity index (χ4n) is 2.64. The van der Waals surface area contributed by atoms with Crippen LogP contribution in [0.4, 0.5) is 5.69 Å². The number of carbonyl (C=O) groups excluding carboxylic acids is 2. The predicted octanol–water partition coefficient (Wildman–Crippen LogP) is 1.73. The number of carbonyl (C=O) groups is 2. The molecule has 2 atom stereocenters. The molecule has 5 nitrogen and oxygen atoms in total. The maximum atomic E-state index is 12.4. The van der Waals surface area contributed by atoms with Gasteiger partial charge in [-0.25, -0.2) is 0 Å². The van der Waals surface area contributed by atoms with E-state index in [1.165, 1.54) is 0 Å². The molecule has 1 aromatic carbocycles. The van der Waals surface area contributed by atoms with Crippen LogP contribution in [-0.2, 0) is 4.79 Å². The van der Waals surface area contributed by atoms with Crippen molar-refractivity contribution in [3.8, 4) is 5.75 Å². The number of Topliss-reactive ketones (excluding diaryl/α,β-unsaturated/α-hetero) is 1. The molecule has 1 aromatic rings. The van der Waals surface area contributed by atoms with Crippen LogP contribution < -0.4 is 15.4 Å². The molecule has 0 aliphatic carbocycles. The molecule has 2 aliphatic heterocycles. The number of ketones is 1. The summed E-state index contributed by atoms with van der Waals surface area (Å²) in [5, 5.41) is 6.02. The van der Waals surface area contributed by atoms with Crippen molar-refractivity contribution < 1.29 is 14.3 Å². The zero-order valence-electron chi connectivity index (χ0n) is 11.4. The van der Waals surface area contributed by atoms with Gasteiger partial charge in [-0.1, -0.05) is 6.42 Å². The van der Waals surface area contributed by atoms with Gasteiger partial charge in [0.1, 0.15) is 5.75 Å². The average Bonchev–Trinajstić information content (AvgIpc) is 2.48. The van der Waals surface area contributed by atoms with Crippen molar-refractivity contribution in [1.29, 1.82) is 0 Å². The number of hydrogen-bond acceptors (Lipinski definition) is 4. The van der Waals surface area contributed by atoms with Crippen LogP contribution in [0, 0.1) is 0 Å². The van der Waals surface area contributed by atoms with Crippen LogP contribution in [0.2, 0.25) is 0 Å². The first kappa shape index (κ1) is 13.1. The van der Waals surface area contributed by atoms with Crippen LogP contribution >= 0.6 is 0 Å². The molecule has 20 heavy (non-hydrogen) atoms. The highest BCUT2D eigenvalue weighted by atomic mass is 16.5. The van der Waals surface area contributed by atoms with Crippen LogP contribution in [0.3, 0.4) is 0 Å². The molecular weight excluding hydrogens is 256 g/mol. The van der Waals surface area contributed by atoms with Crippen molar-refractivity contribution >= 4 is 17.4 Å². The van der Waals surface area contributed by atoms with Gasteiger partial charge in [0.15, 0.2) is 11.9 Å². The van der Waals surface area contributed by atoms with Crippen molar-refractivity contribution in [2.45, 2.75) is 38.3 Å². The number of amides is 1. The number of ether oxygens (including phenoxy) is 1. The van der Waals surface area contributed by atoms with E-state index in [9.17, 15) is 9.59 Å². The van der Waals surface area contributed by atoms with Crippen LogP contribution in [-0.4, -0.2) is 30.4 Å². The minimum Gasteiger partial charge on any atom is -0.479 e. The number of anilines is 1. The van der Waals surface area contributed by atoms with Gasteiger partial charge in [-0.2, -0.15) is 0 Å². The summed E-state index contributed by atoms with van der Waals surface area (Å²) < 4.78 is 5.49. The van der Waals surface area contributed by atoms with Crippen molar-refractivity contribution in [2.24, 2.45) is 0 Å². The normalized spacial score (nSPS) is 25.4. The number of rotatable bonds is 2. The lowest BCUT2D eigenvalue weighted by molar-refractivity contribution is -0.122. The van der Waals surface area contributed by atoms with Gasteiger partial charge in [-0.15, -0.1) is 0 Å². The summed E-state index contributed by atoms with van der Waals surface area (Å²) >= 11 is 0. The van der Waals surface area contributed by atoms with E-state index < -0.39 is 6.10 Å². The summed E-state index contributed by atoms with van der Waals surface area (Å²) in [5.74, 6) is 0.517. The molecule has 0 bridgehead atoms. The monoisotopic (exact) mass is 274 g/mol. The van der Waals surface area contributed by atoms with Crippen molar-refractivity contribution in [1.82, 2.24) is 5.32 Å².